The van der Waals surface area contributed by atoms with E-state index in [9.17, 15) is 0 Å². The van der Waals surface area contributed by atoms with Crippen molar-refractivity contribution in [1.29, 1.82) is 0 Å². The van der Waals surface area contributed by atoms with Gasteiger partial charge in [0.15, 0.2) is 0 Å². The summed E-state index contributed by atoms with van der Waals surface area (Å²) in [7, 11) is 1.71. The van der Waals surface area contributed by atoms with Crippen molar-refractivity contribution in [3.05, 3.63) is 28.2 Å². The number of likely N-dealkylation sites (tertiary alicyclic amines) is 1. The second kappa shape index (κ2) is 7.43. The standard InChI is InChI=1S/C16H25BrN2O/c1-12(2)19-7-6-13(11-19)9-18-10-14-8-15(20-3)4-5-16(14)17/h4-5,8,12-13,18H,6-7,9-11H2,1-3H3. The van der Waals surface area contributed by atoms with Crippen LogP contribution in [0.3, 0.4) is 0 Å². The molecule has 1 unspecified atom stereocenters. The van der Waals surface area contributed by atoms with Gasteiger partial charge in [-0.2, -0.15) is 0 Å². The van der Waals surface area contributed by atoms with Gasteiger partial charge >= 0.3 is 0 Å². The zero-order chi connectivity index (χ0) is 14.5. The van der Waals surface area contributed by atoms with E-state index in [1.807, 2.05) is 12.1 Å². The maximum atomic E-state index is 5.27. The Hall–Kier alpha value is -0.580. The van der Waals surface area contributed by atoms with Crippen molar-refractivity contribution in [3.63, 3.8) is 0 Å². The Balaban J connectivity index is 1.79. The third-order valence-corrected chi connectivity index (χ3v) is 4.82. The minimum Gasteiger partial charge on any atom is -0.497 e. The maximum absolute atomic E-state index is 5.27. The monoisotopic (exact) mass is 340 g/mol. The summed E-state index contributed by atoms with van der Waals surface area (Å²) < 4.78 is 6.41. The van der Waals surface area contributed by atoms with E-state index < -0.39 is 0 Å². The summed E-state index contributed by atoms with van der Waals surface area (Å²) >= 11 is 3.60. The van der Waals surface area contributed by atoms with Crippen LogP contribution < -0.4 is 10.1 Å². The Kier molecular flexibility index (Phi) is 5.87. The topological polar surface area (TPSA) is 24.5 Å². The minimum absolute atomic E-state index is 0.674. The van der Waals surface area contributed by atoms with Crippen molar-refractivity contribution < 1.29 is 4.74 Å². The highest BCUT2D eigenvalue weighted by Gasteiger charge is 2.23. The molecule has 0 radical (unpaired) electrons. The van der Waals surface area contributed by atoms with Gasteiger partial charge in [-0.05, 0) is 63.0 Å². The van der Waals surface area contributed by atoms with Gasteiger partial charge in [0, 0.05) is 23.6 Å². The second-order valence-electron chi connectivity index (χ2n) is 5.83. The number of hydrogen-bond donors (Lipinski definition) is 1. The van der Waals surface area contributed by atoms with Crippen LogP contribution in [0.15, 0.2) is 22.7 Å². The summed E-state index contributed by atoms with van der Waals surface area (Å²) in [6.07, 6.45) is 1.31. The molecular formula is C16H25BrN2O. The van der Waals surface area contributed by atoms with Crippen LogP contribution in [0.4, 0.5) is 0 Å². The lowest BCUT2D eigenvalue weighted by Gasteiger charge is -2.20. The lowest BCUT2D eigenvalue weighted by Crippen LogP contribution is -2.30. The van der Waals surface area contributed by atoms with E-state index in [0.29, 0.717) is 6.04 Å². The molecule has 1 heterocycles. The molecule has 1 fully saturated rings. The molecule has 3 nitrogen and oxygen atoms in total. The van der Waals surface area contributed by atoms with Gasteiger partial charge in [0.25, 0.3) is 0 Å². The fraction of sp³-hybridized carbons (Fsp3) is 0.625. The van der Waals surface area contributed by atoms with Gasteiger partial charge in [0.05, 0.1) is 7.11 Å². The second-order valence-corrected chi connectivity index (χ2v) is 6.69. The molecule has 1 aliphatic rings. The van der Waals surface area contributed by atoms with E-state index in [2.05, 4.69) is 46.1 Å². The SMILES string of the molecule is COc1ccc(Br)c(CNCC2CCN(C(C)C)C2)c1. The maximum Gasteiger partial charge on any atom is 0.119 e. The van der Waals surface area contributed by atoms with Gasteiger partial charge in [-0.3, -0.25) is 0 Å². The van der Waals surface area contributed by atoms with E-state index in [-0.39, 0.29) is 0 Å². The highest BCUT2D eigenvalue weighted by Crippen LogP contribution is 2.23. The van der Waals surface area contributed by atoms with Crippen molar-refractivity contribution in [3.8, 4) is 5.75 Å². The van der Waals surface area contributed by atoms with E-state index in [0.717, 1.165) is 29.2 Å². The van der Waals surface area contributed by atoms with Crippen LogP contribution >= 0.6 is 15.9 Å². The van der Waals surface area contributed by atoms with E-state index in [1.54, 1.807) is 7.11 Å². The van der Waals surface area contributed by atoms with Gasteiger partial charge in [0.2, 0.25) is 0 Å². The fourth-order valence-electron chi connectivity index (χ4n) is 2.72. The van der Waals surface area contributed by atoms with Crippen LogP contribution in [-0.2, 0) is 6.54 Å². The van der Waals surface area contributed by atoms with Crippen molar-refractivity contribution in [2.24, 2.45) is 5.92 Å². The summed E-state index contributed by atoms with van der Waals surface area (Å²) in [5.41, 5.74) is 1.25. The Morgan fingerprint density at radius 1 is 1.45 bits per heavy atom. The molecule has 112 valence electrons. The quantitative estimate of drug-likeness (QED) is 0.859. The van der Waals surface area contributed by atoms with Crippen LogP contribution in [0, 0.1) is 5.92 Å². The van der Waals surface area contributed by atoms with Crippen molar-refractivity contribution in [2.45, 2.75) is 32.9 Å². The third-order valence-electron chi connectivity index (χ3n) is 4.05. The summed E-state index contributed by atoms with van der Waals surface area (Å²) in [5, 5.41) is 3.58. The highest BCUT2D eigenvalue weighted by atomic mass is 79.9. The number of rotatable bonds is 6. The normalized spacial score (nSPS) is 19.8. The van der Waals surface area contributed by atoms with E-state index in [4.69, 9.17) is 4.74 Å². The highest BCUT2D eigenvalue weighted by molar-refractivity contribution is 9.10. The Morgan fingerprint density at radius 3 is 2.90 bits per heavy atom. The van der Waals surface area contributed by atoms with Crippen LogP contribution in [0.2, 0.25) is 0 Å². The molecule has 1 aromatic rings. The van der Waals surface area contributed by atoms with Gasteiger partial charge in [-0.25, -0.2) is 0 Å². The number of nitrogens with one attached hydrogen (secondary N) is 1. The van der Waals surface area contributed by atoms with Crippen LogP contribution in [0.25, 0.3) is 0 Å². The zero-order valence-corrected chi connectivity index (χ0v) is 14.2. The lowest BCUT2D eigenvalue weighted by atomic mass is 10.1. The lowest BCUT2D eigenvalue weighted by molar-refractivity contribution is 0.264. The number of hydrogen-bond acceptors (Lipinski definition) is 3. The largest absolute Gasteiger partial charge is 0.497 e. The molecule has 0 aromatic heterocycles. The van der Waals surface area contributed by atoms with E-state index in [1.165, 1.54) is 25.1 Å². The first-order valence-electron chi connectivity index (χ1n) is 7.37. The molecule has 1 saturated heterocycles. The Labute approximate surface area is 130 Å². The first-order chi connectivity index (χ1) is 9.60. The van der Waals surface area contributed by atoms with Crippen LogP contribution in [0.1, 0.15) is 25.8 Å². The van der Waals surface area contributed by atoms with Crippen molar-refractivity contribution in [1.82, 2.24) is 10.2 Å². The number of benzene rings is 1. The summed E-state index contributed by atoms with van der Waals surface area (Å²) in [6.45, 7) is 9.01. The Morgan fingerprint density at radius 2 is 2.25 bits per heavy atom. The average molecular weight is 341 g/mol. The van der Waals surface area contributed by atoms with Crippen molar-refractivity contribution >= 4 is 15.9 Å². The van der Waals surface area contributed by atoms with Gasteiger partial charge < -0.3 is 15.0 Å². The van der Waals surface area contributed by atoms with Crippen LogP contribution in [0.5, 0.6) is 5.75 Å². The van der Waals surface area contributed by atoms with Gasteiger partial charge in [-0.15, -0.1) is 0 Å². The summed E-state index contributed by atoms with van der Waals surface area (Å²) in [4.78, 5) is 2.56. The molecule has 4 heteroatoms. The molecule has 1 N–H and O–H groups in total. The summed E-state index contributed by atoms with van der Waals surface area (Å²) in [6, 6.07) is 6.79. The summed E-state index contributed by atoms with van der Waals surface area (Å²) in [5.74, 6) is 1.69. The fourth-order valence-corrected chi connectivity index (χ4v) is 3.11. The molecule has 0 bridgehead atoms. The smallest absolute Gasteiger partial charge is 0.119 e. The van der Waals surface area contributed by atoms with Crippen LogP contribution in [-0.4, -0.2) is 37.7 Å². The molecule has 0 saturated carbocycles. The number of methoxy groups -OCH3 is 1. The van der Waals surface area contributed by atoms with Crippen molar-refractivity contribution in [2.75, 3.05) is 26.7 Å². The molecular weight excluding hydrogens is 316 g/mol. The van der Waals surface area contributed by atoms with Gasteiger partial charge in [-0.1, -0.05) is 15.9 Å². The van der Waals surface area contributed by atoms with Gasteiger partial charge in [0.1, 0.15) is 5.75 Å². The average Bonchev–Trinajstić information content (AvgIpc) is 2.90. The molecule has 1 aliphatic heterocycles. The first kappa shape index (κ1) is 15.8. The zero-order valence-electron chi connectivity index (χ0n) is 12.7. The number of ether oxygens (including phenoxy) is 1. The number of nitrogens with zero attached hydrogens (tertiary/aromatic N) is 1. The minimum atomic E-state index is 0.674. The molecule has 1 atom stereocenters. The first-order valence-corrected chi connectivity index (χ1v) is 8.16. The predicted octanol–water partition coefficient (Wildman–Crippen LogP) is 3.28. The molecule has 0 spiro atoms. The third kappa shape index (κ3) is 4.21. The predicted molar refractivity (Wildman–Crippen MR) is 87.2 cm³/mol. The molecule has 1 aromatic carbocycles. The molecule has 0 amide bonds. The molecule has 0 aliphatic carbocycles. The molecule has 20 heavy (non-hydrogen) atoms. The molecule has 2 rings (SSSR count). The Bertz CT molecular complexity index is 436. The number of halogens is 1. The van der Waals surface area contributed by atoms with E-state index >= 15 is 0 Å².